The molecule has 1 aromatic rings. The van der Waals surface area contributed by atoms with Gasteiger partial charge in [0, 0.05) is 24.7 Å². The van der Waals surface area contributed by atoms with Gasteiger partial charge in [0.2, 0.25) is 0 Å². The summed E-state index contributed by atoms with van der Waals surface area (Å²) < 4.78 is 13.5. The predicted molar refractivity (Wildman–Crippen MR) is 70.6 cm³/mol. The van der Waals surface area contributed by atoms with Gasteiger partial charge in [-0.25, -0.2) is 4.39 Å². The molecule has 0 aromatic heterocycles. The highest BCUT2D eigenvalue weighted by Crippen LogP contribution is 2.09. The summed E-state index contributed by atoms with van der Waals surface area (Å²) in [5.41, 5.74) is 1.84. The SMILES string of the molecule is CCN(C)CC(C)NCc1cc(C)ccc1F. The molecule has 1 aromatic carbocycles. The maximum atomic E-state index is 13.5. The highest BCUT2D eigenvalue weighted by Gasteiger charge is 2.07. The average Bonchev–Trinajstić information content (AvgIpc) is 2.30. The second kappa shape index (κ2) is 6.72. The van der Waals surface area contributed by atoms with Crippen molar-refractivity contribution in [3.05, 3.63) is 35.1 Å². The second-order valence-corrected chi connectivity index (χ2v) is 4.73. The summed E-state index contributed by atoms with van der Waals surface area (Å²) in [4.78, 5) is 2.24. The molecular weight excluding hydrogens is 215 g/mol. The summed E-state index contributed by atoms with van der Waals surface area (Å²) in [6.45, 7) is 8.84. The van der Waals surface area contributed by atoms with Crippen LogP contribution in [0.4, 0.5) is 4.39 Å². The molecule has 0 aliphatic heterocycles. The molecule has 0 saturated heterocycles. The van der Waals surface area contributed by atoms with Crippen LogP contribution in [0.3, 0.4) is 0 Å². The van der Waals surface area contributed by atoms with E-state index in [0.29, 0.717) is 12.6 Å². The normalized spacial score (nSPS) is 13.1. The van der Waals surface area contributed by atoms with Gasteiger partial charge in [-0.15, -0.1) is 0 Å². The Balaban J connectivity index is 2.47. The Morgan fingerprint density at radius 1 is 1.41 bits per heavy atom. The molecule has 96 valence electrons. The fourth-order valence-electron chi connectivity index (χ4n) is 1.78. The third-order valence-corrected chi connectivity index (χ3v) is 2.97. The van der Waals surface area contributed by atoms with Crippen molar-refractivity contribution in [3.63, 3.8) is 0 Å². The highest BCUT2D eigenvalue weighted by molar-refractivity contribution is 5.23. The van der Waals surface area contributed by atoms with Crippen LogP contribution in [0.15, 0.2) is 18.2 Å². The van der Waals surface area contributed by atoms with Gasteiger partial charge in [-0.2, -0.15) is 0 Å². The summed E-state index contributed by atoms with van der Waals surface area (Å²) in [5.74, 6) is -0.126. The number of nitrogens with zero attached hydrogens (tertiary/aromatic N) is 1. The van der Waals surface area contributed by atoms with Crippen molar-refractivity contribution in [2.24, 2.45) is 0 Å². The van der Waals surface area contributed by atoms with E-state index in [1.807, 2.05) is 13.0 Å². The third-order valence-electron chi connectivity index (χ3n) is 2.97. The lowest BCUT2D eigenvalue weighted by atomic mass is 10.1. The first-order valence-electron chi connectivity index (χ1n) is 6.20. The van der Waals surface area contributed by atoms with Crippen molar-refractivity contribution in [2.75, 3.05) is 20.1 Å². The van der Waals surface area contributed by atoms with Crippen molar-refractivity contribution in [3.8, 4) is 0 Å². The van der Waals surface area contributed by atoms with Gasteiger partial charge in [-0.3, -0.25) is 0 Å². The third kappa shape index (κ3) is 4.84. The van der Waals surface area contributed by atoms with Crippen LogP contribution in [0.5, 0.6) is 0 Å². The quantitative estimate of drug-likeness (QED) is 0.819. The lowest BCUT2D eigenvalue weighted by molar-refractivity contribution is 0.309. The zero-order valence-corrected chi connectivity index (χ0v) is 11.3. The Kier molecular flexibility index (Phi) is 5.59. The zero-order valence-electron chi connectivity index (χ0n) is 11.3. The Labute approximate surface area is 104 Å². The van der Waals surface area contributed by atoms with Crippen molar-refractivity contribution in [1.29, 1.82) is 0 Å². The van der Waals surface area contributed by atoms with Crippen molar-refractivity contribution >= 4 is 0 Å². The molecule has 3 heteroatoms. The molecule has 1 unspecified atom stereocenters. The number of aryl methyl sites for hydroxylation is 1. The molecule has 17 heavy (non-hydrogen) atoms. The van der Waals surface area contributed by atoms with Crippen molar-refractivity contribution in [1.82, 2.24) is 10.2 Å². The fourth-order valence-corrected chi connectivity index (χ4v) is 1.78. The van der Waals surface area contributed by atoms with E-state index in [4.69, 9.17) is 0 Å². The molecule has 0 aliphatic carbocycles. The van der Waals surface area contributed by atoms with Crippen LogP contribution in [0.1, 0.15) is 25.0 Å². The van der Waals surface area contributed by atoms with Gasteiger partial charge in [-0.05, 0) is 33.5 Å². The number of hydrogen-bond donors (Lipinski definition) is 1. The topological polar surface area (TPSA) is 15.3 Å². The maximum absolute atomic E-state index is 13.5. The van der Waals surface area contributed by atoms with E-state index in [0.717, 1.165) is 24.2 Å². The smallest absolute Gasteiger partial charge is 0.127 e. The monoisotopic (exact) mass is 238 g/mol. The highest BCUT2D eigenvalue weighted by atomic mass is 19.1. The summed E-state index contributed by atoms with van der Waals surface area (Å²) in [5, 5.41) is 3.35. The van der Waals surface area contributed by atoms with E-state index < -0.39 is 0 Å². The largest absolute Gasteiger partial charge is 0.309 e. The Bertz CT molecular complexity index is 352. The molecule has 0 amide bonds. The Morgan fingerprint density at radius 2 is 2.12 bits per heavy atom. The predicted octanol–water partition coefficient (Wildman–Crippen LogP) is 2.56. The van der Waals surface area contributed by atoms with Crippen LogP contribution in [0, 0.1) is 12.7 Å². The lowest BCUT2D eigenvalue weighted by Gasteiger charge is -2.21. The van der Waals surface area contributed by atoms with Gasteiger partial charge in [0.05, 0.1) is 0 Å². The van der Waals surface area contributed by atoms with Crippen LogP contribution < -0.4 is 5.32 Å². The van der Waals surface area contributed by atoms with E-state index in [-0.39, 0.29) is 5.82 Å². The van der Waals surface area contributed by atoms with Crippen LogP contribution >= 0.6 is 0 Å². The minimum absolute atomic E-state index is 0.126. The van der Waals surface area contributed by atoms with E-state index in [1.54, 1.807) is 6.07 Å². The van der Waals surface area contributed by atoms with Gasteiger partial charge in [0.1, 0.15) is 5.82 Å². The molecule has 1 rings (SSSR count). The Morgan fingerprint density at radius 3 is 2.76 bits per heavy atom. The second-order valence-electron chi connectivity index (χ2n) is 4.73. The number of benzene rings is 1. The number of halogens is 1. The summed E-state index contributed by atoms with van der Waals surface area (Å²) in [7, 11) is 2.09. The number of hydrogen-bond acceptors (Lipinski definition) is 2. The average molecular weight is 238 g/mol. The van der Waals surface area contributed by atoms with Gasteiger partial charge in [0.25, 0.3) is 0 Å². The summed E-state index contributed by atoms with van der Waals surface area (Å²) in [6, 6.07) is 5.60. The van der Waals surface area contributed by atoms with Crippen LogP contribution in [-0.2, 0) is 6.54 Å². The summed E-state index contributed by atoms with van der Waals surface area (Å²) in [6.07, 6.45) is 0. The minimum Gasteiger partial charge on any atom is -0.309 e. The maximum Gasteiger partial charge on any atom is 0.127 e. The molecule has 0 aliphatic rings. The molecule has 2 nitrogen and oxygen atoms in total. The summed E-state index contributed by atoms with van der Waals surface area (Å²) >= 11 is 0. The molecule has 1 atom stereocenters. The number of likely N-dealkylation sites (N-methyl/N-ethyl adjacent to an activating group) is 1. The molecular formula is C14H23FN2. The number of rotatable bonds is 6. The van der Waals surface area contributed by atoms with Crippen LogP contribution in [-0.4, -0.2) is 31.1 Å². The molecule has 0 bridgehead atoms. The lowest BCUT2D eigenvalue weighted by Crippen LogP contribution is -2.37. The first kappa shape index (κ1) is 14.1. The van der Waals surface area contributed by atoms with Gasteiger partial charge in [0.15, 0.2) is 0 Å². The van der Waals surface area contributed by atoms with E-state index in [9.17, 15) is 4.39 Å². The van der Waals surface area contributed by atoms with E-state index >= 15 is 0 Å². The zero-order chi connectivity index (χ0) is 12.8. The van der Waals surface area contributed by atoms with Gasteiger partial charge < -0.3 is 10.2 Å². The van der Waals surface area contributed by atoms with Crippen LogP contribution in [0.2, 0.25) is 0 Å². The van der Waals surface area contributed by atoms with Crippen molar-refractivity contribution < 1.29 is 4.39 Å². The van der Waals surface area contributed by atoms with Gasteiger partial charge >= 0.3 is 0 Å². The fraction of sp³-hybridized carbons (Fsp3) is 0.571. The number of nitrogens with one attached hydrogen (secondary N) is 1. The molecule has 0 fully saturated rings. The van der Waals surface area contributed by atoms with E-state index in [2.05, 4.69) is 31.1 Å². The van der Waals surface area contributed by atoms with Crippen LogP contribution in [0.25, 0.3) is 0 Å². The van der Waals surface area contributed by atoms with Gasteiger partial charge in [-0.1, -0.05) is 24.6 Å². The molecule has 0 heterocycles. The Hall–Kier alpha value is -0.930. The molecule has 0 saturated carbocycles. The molecule has 1 N–H and O–H groups in total. The first-order chi connectivity index (χ1) is 8.02. The minimum atomic E-state index is -0.126. The molecule has 0 radical (unpaired) electrons. The standard InChI is InChI=1S/C14H23FN2/c1-5-17(4)10-12(3)16-9-13-8-11(2)6-7-14(13)15/h6-8,12,16H,5,9-10H2,1-4H3. The molecule has 0 spiro atoms. The first-order valence-corrected chi connectivity index (χ1v) is 6.20. The van der Waals surface area contributed by atoms with Crippen molar-refractivity contribution in [2.45, 2.75) is 33.4 Å². The van der Waals surface area contributed by atoms with E-state index in [1.165, 1.54) is 6.07 Å².